The molecule has 138 valence electrons. The van der Waals surface area contributed by atoms with Crippen LogP contribution in [0.15, 0.2) is 4.42 Å². The van der Waals surface area contributed by atoms with Crippen LogP contribution in [0.25, 0.3) is 0 Å². The maximum absolute atomic E-state index is 10.6. The zero-order chi connectivity index (χ0) is 18.8. The Kier molecular flexibility index (Phi) is 5.15. The van der Waals surface area contributed by atoms with E-state index in [9.17, 15) is 10.4 Å². The lowest BCUT2D eigenvalue weighted by atomic mass is 10.1. The summed E-state index contributed by atoms with van der Waals surface area (Å²) in [5, 5.41) is 36.4. The molecule has 26 heavy (non-hydrogen) atoms. The standard InChI is InChI=1S/C17H23N7O2/c1-5-23(9-16-21-20-12(4)26-16)14-7-24(8-15(14)25)17-13(6-18)10(2)11(3)19-22-17/h14-15,25H,5,7-9H2,1-4H3/t14-,15-/m1/s1. The van der Waals surface area contributed by atoms with E-state index in [2.05, 4.69) is 31.4 Å². The first kappa shape index (κ1) is 18.2. The molecule has 9 nitrogen and oxygen atoms in total. The second kappa shape index (κ2) is 7.35. The van der Waals surface area contributed by atoms with Gasteiger partial charge in [-0.1, -0.05) is 6.92 Å². The number of hydrogen-bond donors (Lipinski definition) is 1. The van der Waals surface area contributed by atoms with Crippen molar-refractivity contribution in [3.8, 4) is 6.07 Å². The van der Waals surface area contributed by atoms with Gasteiger partial charge in [0.2, 0.25) is 11.8 Å². The number of nitriles is 1. The van der Waals surface area contributed by atoms with Gasteiger partial charge in [0.25, 0.3) is 0 Å². The van der Waals surface area contributed by atoms with Crippen molar-refractivity contribution in [1.82, 2.24) is 25.3 Å². The van der Waals surface area contributed by atoms with Crippen LogP contribution in [-0.4, -0.2) is 62.2 Å². The van der Waals surface area contributed by atoms with E-state index in [0.29, 0.717) is 42.8 Å². The van der Waals surface area contributed by atoms with Gasteiger partial charge < -0.3 is 14.4 Å². The summed E-state index contributed by atoms with van der Waals surface area (Å²) in [4.78, 5) is 4.02. The summed E-state index contributed by atoms with van der Waals surface area (Å²) in [5.41, 5.74) is 2.08. The zero-order valence-corrected chi connectivity index (χ0v) is 15.5. The largest absolute Gasteiger partial charge is 0.424 e. The Balaban J connectivity index is 1.81. The molecule has 1 aliphatic heterocycles. The molecule has 0 spiro atoms. The molecular formula is C17H23N7O2. The third-order valence-corrected chi connectivity index (χ3v) is 4.89. The number of aliphatic hydroxyl groups is 1. The molecule has 1 N–H and O–H groups in total. The number of nitrogens with zero attached hydrogens (tertiary/aromatic N) is 7. The Hall–Kier alpha value is -2.57. The molecule has 1 saturated heterocycles. The molecule has 1 fully saturated rings. The fraction of sp³-hybridized carbons (Fsp3) is 0.588. The van der Waals surface area contributed by atoms with Gasteiger partial charge in [-0.15, -0.1) is 15.3 Å². The fourth-order valence-electron chi connectivity index (χ4n) is 3.29. The number of aliphatic hydroxyl groups excluding tert-OH is 1. The third-order valence-electron chi connectivity index (χ3n) is 4.89. The Morgan fingerprint density at radius 1 is 1.23 bits per heavy atom. The highest BCUT2D eigenvalue weighted by Gasteiger charge is 2.37. The van der Waals surface area contributed by atoms with Crippen molar-refractivity contribution < 1.29 is 9.52 Å². The second-order valence-corrected chi connectivity index (χ2v) is 6.54. The summed E-state index contributed by atoms with van der Waals surface area (Å²) in [6.07, 6.45) is -0.575. The van der Waals surface area contributed by atoms with Crippen molar-refractivity contribution in [2.75, 3.05) is 24.5 Å². The molecule has 2 atom stereocenters. The van der Waals surface area contributed by atoms with Gasteiger partial charge in [-0.25, -0.2) is 0 Å². The van der Waals surface area contributed by atoms with Crippen LogP contribution >= 0.6 is 0 Å². The lowest BCUT2D eigenvalue weighted by Gasteiger charge is -2.28. The van der Waals surface area contributed by atoms with Gasteiger partial charge in [0.15, 0.2) is 5.82 Å². The van der Waals surface area contributed by atoms with Gasteiger partial charge in [-0.05, 0) is 26.0 Å². The number of anilines is 1. The maximum Gasteiger partial charge on any atom is 0.230 e. The van der Waals surface area contributed by atoms with E-state index in [1.54, 1.807) is 6.92 Å². The monoisotopic (exact) mass is 357 g/mol. The van der Waals surface area contributed by atoms with Gasteiger partial charge in [-0.3, -0.25) is 4.90 Å². The molecule has 0 amide bonds. The molecule has 1 aliphatic rings. The number of likely N-dealkylation sites (N-methyl/N-ethyl adjacent to an activating group) is 1. The Morgan fingerprint density at radius 3 is 2.62 bits per heavy atom. The molecule has 0 bridgehead atoms. The summed E-state index contributed by atoms with van der Waals surface area (Å²) in [6, 6.07) is 2.10. The Labute approximate surface area is 152 Å². The summed E-state index contributed by atoms with van der Waals surface area (Å²) < 4.78 is 5.46. The van der Waals surface area contributed by atoms with E-state index in [1.165, 1.54) is 0 Å². The molecule has 0 aromatic carbocycles. The minimum Gasteiger partial charge on any atom is -0.424 e. The first-order valence-corrected chi connectivity index (χ1v) is 8.64. The lowest BCUT2D eigenvalue weighted by molar-refractivity contribution is 0.0761. The molecule has 2 aromatic heterocycles. The topological polar surface area (TPSA) is 115 Å². The minimum absolute atomic E-state index is 0.123. The number of aromatic nitrogens is 4. The Morgan fingerprint density at radius 2 is 2.00 bits per heavy atom. The van der Waals surface area contributed by atoms with Crippen molar-refractivity contribution in [2.45, 2.75) is 46.4 Å². The number of β-amino-alcohol motifs (C(OH)–C–C–N with tert-alkyl or cyclic N) is 1. The highest BCUT2D eigenvalue weighted by atomic mass is 16.4. The van der Waals surface area contributed by atoms with E-state index in [-0.39, 0.29) is 6.04 Å². The lowest BCUT2D eigenvalue weighted by Crippen LogP contribution is -2.42. The van der Waals surface area contributed by atoms with Crippen LogP contribution in [0.2, 0.25) is 0 Å². The predicted molar refractivity (Wildman–Crippen MR) is 93.3 cm³/mol. The van der Waals surface area contributed by atoms with Crippen LogP contribution in [0.1, 0.15) is 35.5 Å². The number of hydrogen-bond acceptors (Lipinski definition) is 9. The van der Waals surface area contributed by atoms with Crippen LogP contribution in [0.5, 0.6) is 0 Å². The van der Waals surface area contributed by atoms with Gasteiger partial charge in [0, 0.05) is 20.0 Å². The molecule has 0 radical (unpaired) electrons. The maximum atomic E-state index is 10.6. The summed E-state index contributed by atoms with van der Waals surface area (Å²) in [5.74, 6) is 1.58. The highest BCUT2D eigenvalue weighted by Crippen LogP contribution is 2.27. The molecule has 9 heteroatoms. The molecule has 3 rings (SSSR count). The average molecular weight is 357 g/mol. The second-order valence-electron chi connectivity index (χ2n) is 6.54. The highest BCUT2D eigenvalue weighted by molar-refractivity contribution is 5.58. The molecule has 0 aliphatic carbocycles. The van der Waals surface area contributed by atoms with E-state index >= 15 is 0 Å². The molecule has 0 unspecified atom stereocenters. The quantitative estimate of drug-likeness (QED) is 0.826. The van der Waals surface area contributed by atoms with Crippen molar-refractivity contribution in [1.29, 1.82) is 5.26 Å². The van der Waals surface area contributed by atoms with Crippen LogP contribution in [0, 0.1) is 32.1 Å². The number of aryl methyl sites for hydroxylation is 2. The van der Waals surface area contributed by atoms with Crippen LogP contribution in [0.3, 0.4) is 0 Å². The minimum atomic E-state index is -0.575. The van der Waals surface area contributed by atoms with Gasteiger partial charge in [0.05, 0.1) is 24.4 Å². The summed E-state index contributed by atoms with van der Waals surface area (Å²) >= 11 is 0. The van der Waals surface area contributed by atoms with E-state index in [1.807, 2.05) is 25.7 Å². The van der Waals surface area contributed by atoms with Gasteiger partial charge in [0.1, 0.15) is 11.6 Å². The van der Waals surface area contributed by atoms with Gasteiger partial charge >= 0.3 is 0 Å². The van der Waals surface area contributed by atoms with Crippen LogP contribution < -0.4 is 4.90 Å². The third kappa shape index (κ3) is 3.38. The van der Waals surface area contributed by atoms with E-state index < -0.39 is 6.10 Å². The summed E-state index contributed by atoms with van der Waals surface area (Å²) in [7, 11) is 0. The first-order chi connectivity index (χ1) is 12.4. The van der Waals surface area contributed by atoms with Crippen molar-refractivity contribution >= 4 is 5.82 Å². The van der Waals surface area contributed by atoms with Crippen molar-refractivity contribution in [3.63, 3.8) is 0 Å². The van der Waals surface area contributed by atoms with Crippen molar-refractivity contribution in [3.05, 3.63) is 28.6 Å². The number of rotatable bonds is 5. The molecule has 3 heterocycles. The fourth-order valence-corrected chi connectivity index (χ4v) is 3.29. The SMILES string of the molecule is CCN(Cc1nnc(C)o1)[C@@H]1CN(c2nnc(C)c(C)c2C#N)C[C@H]1O. The van der Waals surface area contributed by atoms with Crippen LogP contribution in [0.4, 0.5) is 5.82 Å². The molecular weight excluding hydrogens is 334 g/mol. The van der Waals surface area contributed by atoms with Gasteiger partial charge in [-0.2, -0.15) is 10.4 Å². The average Bonchev–Trinajstić information content (AvgIpc) is 3.20. The molecule has 0 saturated carbocycles. The van der Waals surface area contributed by atoms with Crippen LogP contribution in [-0.2, 0) is 6.54 Å². The zero-order valence-electron chi connectivity index (χ0n) is 15.5. The smallest absolute Gasteiger partial charge is 0.230 e. The first-order valence-electron chi connectivity index (χ1n) is 8.64. The van der Waals surface area contributed by atoms with E-state index in [0.717, 1.165) is 17.8 Å². The Bertz CT molecular complexity index is 829. The molecule has 2 aromatic rings. The predicted octanol–water partition coefficient (Wildman–Crippen LogP) is 0.728. The van der Waals surface area contributed by atoms with E-state index in [4.69, 9.17) is 4.42 Å². The van der Waals surface area contributed by atoms with Crippen molar-refractivity contribution in [2.24, 2.45) is 0 Å². The summed E-state index contributed by atoms with van der Waals surface area (Å²) in [6.45, 7) is 9.61. The normalized spacial score (nSPS) is 20.0.